The van der Waals surface area contributed by atoms with Gasteiger partial charge >= 0.3 is 0 Å². The zero-order valence-electron chi connectivity index (χ0n) is 13.5. The van der Waals surface area contributed by atoms with Crippen LogP contribution in [0.25, 0.3) is 0 Å². The number of Topliss-reactive ketones (excluding diaryl/α,β-unsaturated/α-hetero) is 1. The van der Waals surface area contributed by atoms with Crippen molar-refractivity contribution in [3.05, 3.63) is 89.6 Å². The number of carbonyl (C=O) groups excluding carboxylic acids is 1. The topological polar surface area (TPSA) is 32.3 Å². The summed E-state index contributed by atoms with van der Waals surface area (Å²) in [6, 6.07) is 20.6. The van der Waals surface area contributed by atoms with Gasteiger partial charge in [-0.3, -0.25) is 15.2 Å². The predicted molar refractivity (Wildman–Crippen MR) is 96.1 cm³/mol. The van der Waals surface area contributed by atoms with Crippen LogP contribution in [-0.2, 0) is 4.79 Å². The van der Waals surface area contributed by atoms with Crippen molar-refractivity contribution in [1.29, 1.82) is 0 Å². The number of nitrogens with zero attached hydrogens (tertiary/aromatic N) is 1. The van der Waals surface area contributed by atoms with E-state index in [1.54, 1.807) is 0 Å². The van der Waals surface area contributed by atoms with Crippen molar-refractivity contribution in [2.75, 3.05) is 5.43 Å². The van der Waals surface area contributed by atoms with Crippen LogP contribution in [0.1, 0.15) is 30.9 Å². The van der Waals surface area contributed by atoms with Gasteiger partial charge in [0.25, 0.3) is 0 Å². The first-order valence-electron chi connectivity index (χ1n) is 8.43. The molecule has 3 nitrogen and oxygen atoms in total. The number of hydrogen-bond donors (Lipinski definition) is 1. The minimum atomic E-state index is 0.0797. The highest BCUT2D eigenvalue weighted by atomic mass is 16.1. The molecule has 1 N–H and O–H groups in total. The van der Waals surface area contributed by atoms with E-state index in [0.717, 1.165) is 29.8 Å². The van der Waals surface area contributed by atoms with Crippen LogP contribution >= 0.6 is 0 Å². The maximum Gasteiger partial charge on any atom is 0.164 e. The summed E-state index contributed by atoms with van der Waals surface area (Å²) >= 11 is 0. The lowest BCUT2D eigenvalue weighted by Gasteiger charge is -2.39. The molecular formula is C21H20N2O. The summed E-state index contributed by atoms with van der Waals surface area (Å²) < 4.78 is 0. The summed E-state index contributed by atoms with van der Waals surface area (Å²) in [4.78, 5) is 12.3. The quantitative estimate of drug-likeness (QED) is 0.896. The monoisotopic (exact) mass is 316 g/mol. The number of rotatable bonds is 3. The fourth-order valence-electron chi connectivity index (χ4n) is 3.43. The van der Waals surface area contributed by atoms with Gasteiger partial charge in [-0.05, 0) is 30.5 Å². The van der Waals surface area contributed by atoms with Crippen LogP contribution in [0, 0.1) is 0 Å². The van der Waals surface area contributed by atoms with Crippen LogP contribution in [0.5, 0.6) is 0 Å². The van der Waals surface area contributed by atoms with Gasteiger partial charge < -0.3 is 0 Å². The molecule has 0 saturated carbocycles. The number of ketones is 1. The Kier molecular flexibility index (Phi) is 3.91. The first kappa shape index (κ1) is 14.8. The molecule has 1 aliphatic heterocycles. The van der Waals surface area contributed by atoms with E-state index in [1.165, 1.54) is 5.56 Å². The fraction of sp³-hybridized carbons (Fsp3) is 0.190. The Morgan fingerprint density at radius 2 is 1.62 bits per heavy atom. The highest BCUT2D eigenvalue weighted by Gasteiger charge is 2.30. The number of para-hydroxylation sites is 1. The minimum Gasteiger partial charge on any atom is -0.298 e. The molecule has 2 aromatic carbocycles. The second kappa shape index (κ2) is 6.36. The van der Waals surface area contributed by atoms with E-state index >= 15 is 0 Å². The van der Waals surface area contributed by atoms with E-state index in [0.29, 0.717) is 6.42 Å². The van der Waals surface area contributed by atoms with E-state index in [4.69, 9.17) is 0 Å². The third kappa shape index (κ3) is 2.73. The van der Waals surface area contributed by atoms with Crippen molar-refractivity contribution in [3.8, 4) is 0 Å². The third-order valence-electron chi connectivity index (χ3n) is 4.61. The number of hydrazine groups is 1. The van der Waals surface area contributed by atoms with Gasteiger partial charge in [0.05, 0.1) is 11.7 Å². The van der Waals surface area contributed by atoms with Crippen molar-refractivity contribution in [3.63, 3.8) is 0 Å². The molecule has 1 unspecified atom stereocenters. The number of allylic oxidation sites excluding steroid dienone is 3. The second-order valence-electron chi connectivity index (χ2n) is 6.20. The standard InChI is InChI=1S/C21H20N2O/c24-21-13-7-12-20-18(21)14-15-19(16-8-3-1-4-9-16)23(20)22-17-10-5-2-6-11-17/h1-6,8-11,14-15,19,22H,7,12-13H2. The van der Waals surface area contributed by atoms with Gasteiger partial charge in [-0.1, -0.05) is 60.7 Å². The van der Waals surface area contributed by atoms with Gasteiger partial charge in [-0.2, -0.15) is 0 Å². The van der Waals surface area contributed by atoms with Crippen LogP contribution in [0.2, 0.25) is 0 Å². The van der Waals surface area contributed by atoms with Crippen molar-refractivity contribution in [2.45, 2.75) is 25.3 Å². The zero-order chi connectivity index (χ0) is 16.4. The number of benzene rings is 2. The highest BCUT2D eigenvalue weighted by Crippen LogP contribution is 2.37. The molecule has 1 atom stereocenters. The Bertz CT molecular complexity index is 793. The smallest absolute Gasteiger partial charge is 0.164 e. The van der Waals surface area contributed by atoms with Crippen LogP contribution in [0.4, 0.5) is 5.69 Å². The second-order valence-corrected chi connectivity index (χ2v) is 6.20. The minimum absolute atomic E-state index is 0.0797. The Balaban J connectivity index is 1.75. The lowest BCUT2D eigenvalue weighted by Crippen LogP contribution is -2.37. The molecule has 3 heteroatoms. The Morgan fingerprint density at radius 1 is 0.917 bits per heavy atom. The fourth-order valence-corrected chi connectivity index (χ4v) is 3.43. The Morgan fingerprint density at radius 3 is 2.38 bits per heavy atom. The number of nitrogens with one attached hydrogen (secondary N) is 1. The molecular weight excluding hydrogens is 296 g/mol. The van der Waals surface area contributed by atoms with Crippen LogP contribution < -0.4 is 5.43 Å². The number of carbonyl (C=O) groups is 1. The molecule has 0 saturated heterocycles. The normalized spacial score (nSPS) is 20.1. The van der Waals surface area contributed by atoms with E-state index in [-0.39, 0.29) is 11.8 Å². The first-order chi connectivity index (χ1) is 11.8. The third-order valence-corrected chi connectivity index (χ3v) is 4.61. The molecule has 0 radical (unpaired) electrons. The SMILES string of the molecule is O=C1CCCC2=C1C=CC(c1ccccc1)N2Nc1ccccc1. The van der Waals surface area contributed by atoms with Crippen LogP contribution in [0.15, 0.2) is 84.1 Å². The molecule has 1 aliphatic carbocycles. The number of anilines is 1. The van der Waals surface area contributed by atoms with E-state index in [2.05, 4.69) is 40.8 Å². The molecule has 0 spiro atoms. The molecule has 4 rings (SSSR count). The maximum absolute atomic E-state index is 12.3. The van der Waals surface area contributed by atoms with Crippen molar-refractivity contribution >= 4 is 11.5 Å². The molecule has 24 heavy (non-hydrogen) atoms. The van der Waals surface area contributed by atoms with Crippen molar-refractivity contribution in [2.24, 2.45) is 0 Å². The van der Waals surface area contributed by atoms with E-state index in [1.807, 2.05) is 42.5 Å². The summed E-state index contributed by atoms with van der Waals surface area (Å²) in [5, 5.41) is 2.16. The Hall–Kier alpha value is -2.81. The molecule has 2 aromatic rings. The maximum atomic E-state index is 12.3. The van der Waals surface area contributed by atoms with E-state index < -0.39 is 0 Å². The van der Waals surface area contributed by atoms with Crippen molar-refractivity contribution < 1.29 is 4.79 Å². The number of hydrogen-bond acceptors (Lipinski definition) is 3. The lowest BCUT2D eigenvalue weighted by molar-refractivity contribution is -0.116. The Labute approximate surface area is 142 Å². The molecule has 2 aliphatic rings. The van der Waals surface area contributed by atoms with Gasteiger partial charge in [-0.25, -0.2) is 0 Å². The van der Waals surface area contributed by atoms with Crippen molar-refractivity contribution in [1.82, 2.24) is 5.01 Å². The molecule has 0 fully saturated rings. The summed E-state index contributed by atoms with van der Waals surface area (Å²) in [6.07, 6.45) is 6.62. The van der Waals surface area contributed by atoms with Crippen LogP contribution in [-0.4, -0.2) is 10.8 Å². The summed E-state index contributed by atoms with van der Waals surface area (Å²) in [5.41, 5.74) is 7.72. The predicted octanol–water partition coefficient (Wildman–Crippen LogP) is 4.63. The van der Waals surface area contributed by atoms with E-state index in [9.17, 15) is 4.79 Å². The zero-order valence-corrected chi connectivity index (χ0v) is 13.5. The average Bonchev–Trinajstić information content (AvgIpc) is 2.64. The average molecular weight is 316 g/mol. The molecule has 0 amide bonds. The summed E-state index contributed by atoms with van der Waals surface area (Å²) in [7, 11) is 0. The van der Waals surface area contributed by atoms with Gasteiger partial charge in [0.15, 0.2) is 5.78 Å². The molecule has 0 aromatic heterocycles. The van der Waals surface area contributed by atoms with Gasteiger partial charge in [0.2, 0.25) is 0 Å². The molecule has 120 valence electrons. The lowest BCUT2D eigenvalue weighted by atomic mass is 9.89. The largest absolute Gasteiger partial charge is 0.298 e. The summed E-state index contributed by atoms with van der Waals surface area (Å²) in [5.74, 6) is 0.249. The highest BCUT2D eigenvalue weighted by molar-refractivity contribution is 5.99. The van der Waals surface area contributed by atoms with Gasteiger partial charge in [0.1, 0.15) is 0 Å². The van der Waals surface area contributed by atoms with Gasteiger partial charge in [-0.15, -0.1) is 0 Å². The molecule has 0 bridgehead atoms. The van der Waals surface area contributed by atoms with Gasteiger partial charge in [0, 0.05) is 17.7 Å². The van der Waals surface area contributed by atoms with Crippen LogP contribution in [0.3, 0.4) is 0 Å². The molecule has 1 heterocycles. The summed E-state index contributed by atoms with van der Waals surface area (Å²) in [6.45, 7) is 0. The first-order valence-corrected chi connectivity index (χ1v) is 8.43.